The fourth-order valence-corrected chi connectivity index (χ4v) is 3.42. The van der Waals surface area contributed by atoms with E-state index in [4.69, 9.17) is 4.74 Å². The molecule has 2 aromatic rings. The largest absolute Gasteiger partial charge is 0.487 e. The summed E-state index contributed by atoms with van der Waals surface area (Å²) in [5, 5.41) is 4.47. The maximum absolute atomic E-state index is 12.9. The molecule has 1 aliphatic heterocycles. The highest BCUT2D eigenvalue weighted by atomic mass is 16.5. The summed E-state index contributed by atoms with van der Waals surface area (Å²) in [4.78, 5) is 18.8. The maximum Gasteiger partial charge on any atom is 0.257 e. The van der Waals surface area contributed by atoms with Gasteiger partial charge in [-0.05, 0) is 31.9 Å². The van der Waals surface area contributed by atoms with Crippen LogP contribution >= 0.6 is 0 Å². The maximum atomic E-state index is 12.9. The first kappa shape index (κ1) is 17.5. The lowest BCUT2D eigenvalue weighted by molar-refractivity contribution is 0.0771. The summed E-state index contributed by atoms with van der Waals surface area (Å²) in [6.07, 6.45) is 8.01. The smallest absolute Gasteiger partial charge is 0.257 e. The van der Waals surface area contributed by atoms with Crippen LogP contribution in [-0.2, 0) is 0 Å². The van der Waals surface area contributed by atoms with Crippen molar-refractivity contribution < 1.29 is 9.53 Å². The molecule has 1 fully saturated rings. The highest BCUT2D eigenvalue weighted by Gasteiger charge is 2.30. The molecule has 134 valence electrons. The second-order valence-corrected chi connectivity index (χ2v) is 6.53. The van der Waals surface area contributed by atoms with Crippen molar-refractivity contribution >= 4 is 5.91 Å². The predicted octanol–water partition coefficient (Wildman–Crippen LogP) is 3.24. The Morgan fingerprint density at radius 1 is 1.36 bits per heavy atom. The van der Waals surface area contributed by atoms with Gasteiger partial charge in [-0.25, -0.2) is 0 Å². The molecule has 2 aromatic heterocycles. The molecule has 3 heterocycles. The van der Waals surface area contributed by atoms with E-state index in [0.29, 0.717) is 24.7 Å². The number of carbonyl (C=O) groups is 1. The van der Waals surface area contributed by atoms with Gasteiger partial charge in [0, 0.05) is 24.9 Å². The highest BCUT2D eigenvalue weighted by Crippen LogP contribution is 2.23. The van der Waals surface area contributed by atoms with Gasteiger partial charge in [0.2, 0.25) is 0 Å². The van der Waals surface area contributed by atoms with Crippen LogP contribution in [0, 0.1) is 6.92 Å². The summed E-state index contributed by atoms with van der Waals surface area (Å²) in [6.45, 7) is 7.59. The highest BCUT2D eigenvalue weighted by molar-refractivity contribution is 5.95. The molecule has 0 radical (unpaired) electrons. The van der Waals surface area contributed by atoms with Gasteiger partial charge in [0.05, 0.1) is 30.5 Å². The summed E-state index contributed by atoms with van der Waals surface area (Å²) < 4.78 is 7.92. The number of hydrogen-bond acceptors (Lipinski definition) is 4. The average Bonchev–Trinajstić information content (AvgIpc) is 3.24. The molecule has 0 unspecified atom stereocenters. The molecule has 1 aliphatic rings. The Morgan fingerprint density at radius 2 is 2.16 bits per heavy atom. The summed E-state index contributed by atoms with van der Waals surface area (Å²) in [7, 11) is 0. The van der Waals surface area contributed by atoms with Crippen LogP contribution in [0.3, 0.4) is 0 Å². The first-order valence-electron chi connectivity index (χ1n) is 9.04. The second-order valence-electron chi connectivity index (χ2n) is 6.53. The number of nitrogens with zero attached hydrogens (tertiary/aromatic N) is 4. The van der Waals surface area contributed by atoms with E-state index in [9.17, 15) is 4.79 Å². The number of hydrogen-bond donors (Lipinski definition) is 0. The van der Waals surface area contributed by atoms with Crippen LogP contribution in [0.1, 0.15) is 55.2 Å². The van der Waals surface area contributed by atoms with E-state index in [0.717, 1.165) is 30.7 Å². The quantitative estimate of drug-likeness (QED) is 0.808. The van der Waals surface area contributed by atoms with E-state index in [1.165, 1.54) is 0 Å². The molecule has 0 aliphatic carbocycles. The van der Waals surface area contributed by atoms with Crippen LogP contribution in [0.25, 0.3) is 0 Å². The van der Waals surface area contributed by atoms with Gasteiger partial charge in [0.1, 0.15) is 11.9 Å². The number of likely N-dealkylation sites (tertiary alicyclic amines) is 1. The van der Waals surface area contributed by atoms with Crippen molar-refractivity contribution in [2.45, 2.75) is 52.2 Å². The van der Waals surface area contributed by atoms with Crippen LogP contribution < -0.4 is 4.74 Å². The minimum atomic E-state index is 0.0162. The van der Waals surface area contributed by atoms with E-state index in [1.54, 1.807) is 18.6 Å². The Bertz CT molecular complexity index is 709. The van der Waals surface area contributed by atoms with Gasteiger partial charge in [-0.3, -0.25) is 14.5 Å². The zero-order valence-electron chi connectivity index (χ0n) is 15.2. The van der Waals surface area contributed by atoms with Crippen LogP contribution in [-0.4, -0.2) is 44.8 Å². The minimum absolute atomic E-state index is 0.0162. The van der Waals surface area contributed by atoms with Gasteiger partial charge >= 0.3 is 0 Å². The summed E-state index contributed by atoms with van der Waals surface area (Å²) in [6, 6.07) is 4.09. The molecule has 0 saturated carbocycles. The third-order valence-electron chi connectivity index (χ3n) is 4.93. The molecule has 6 nitrogen and oxygen atoms in total. The van der Waals surface area contributed by atoms with E-state index >= 15 is 0 Å². The van der Waals surface area contributed by atoms with Crippen LogP contribution in [0.2, 0.25) is 0 Å². The Hall–Kier alpha value is -2.37. The summed E-state index contributed by atoms with van der Waals surface area (Å²) in [5.74, 6) is 0.798. The zero-order chi connectivity index (χ0) is 17.8. The third kappa shape index (κ3) is 3.67. The summed E-state index contributed by atoms with van der Waals surface area (Å²) in [5.41, 5.74) is 1.66. The van der Waals surface area contributed by atoms with Gasteiger partial charge in [-0.1, -0.05) is 13.8 Å². The monoisotopic (exact) mass is 342 g/mol. The molecular weight excluding hydrogens is 316 g/mol. The number of amides is 1. The lowest BCUT2D eigenvalue weighted by Gasteiger charge is -2.18. The zero-order valence-corrected chi connectivity index (χ0v) is 15.2. The molecular formula is C19H26N4O2. The van der Waals surface area contributed by atoms with Crippen LogP contribution in [0.4, 0.5) is 0 Å². The molecule has 0 N–H and O–H groups in total. The van der Waals surface area contributed by atoms with E-state index in [1.807, 2.05) is 28.6 Å². The number of rotatable bonds is 6. The Morgan fingerprint density at radius 3 is 2.84 bits per heavy atom. The molecule has 25 heavy (non-hydrogen) atoms. The molecule has 6 heteroatoms. The Kier molecular flexibility index (Phi) is 5.36. The minimum Gasteiger partial charge on any atom is -0.487 e. The van der Waals surface area contributed by atoms with E-state index in [2.05, 4.69) is 23.9 Å². The van der Waals surface area contributed by atoms with Gasteiger partial charge < -0.3 is 9.64 Å². The van der Waals surface area contributed by atoms with Crippen molar-refractivity contribution in [3.8, 4) is 5.75 Å². The van der Waals surface area contributed by atoms with Crippen molar-refractivity contribution in [2.75, 3.05) is 13.1 Å². The molecule has 0 spiro atoms. The van der Waals surface area contributed by atoms with Crippen LogP contribution in [0.15, 0.2) is 30.7 Å². The topological polar surface area (TPSA) is 60.2 Å². The number of aromatic nitrogens is 3. The lowest BCUT2D eigenvalue weighted by Crippen LogP contribution is -2.31. The van der Waals surface area contributed by atoms with Gasteiger partial charge in [0.15, 0.2) is 0 Å². The van der Waals surface area contributed by atoms with Crippen molar-refractivity contribution in [3.05, 3.63) is 42.0 Å². The predicted molar refractivity (Wildman–Crippen MR) is 95.8 cm³/mol. The average molecular weight is 342 g/mol. The van der Waals surface area contributed by atoms with Crippen molar-refractivity contribution in [2.24, 2.45) is 0 Å². The summed E-state index contributed by atoms with van der Waals surface area (Å²) >= 11 is 0. The Balaban J connectivity index is 1.66. The number of pyridine rings is 1. The fourth-order valence-electron chi connectivity index (χ4n) is 3.42. The molecule has 3 rings (SSSR count). The molecule has 1 atom stereocenters. The second kappa shape index (κ2) is 7.68. The first-order chi connectivity index (χ1) is 12.1. The number of carbonyl (C=O) groups excluding carboxylic acids is 1. The van der Waals surface area contributed by atoms with Gasteiger partial charge in [-0.2, -0.15) is 5.10 Å². The molecule has 0 bridgehead atoms. The first-order valence-corrected chi connectivity index (χ1v) is 9.04. The standard InChI is InChI=1S/C19H26N4O2/c1-4-15(5-2)23-14(3)18(12-21-23)19(24)22-10-8-17(13-22)25-16-7-6-9-20-11-16/h6-7,9,11-12,15,17H,4-5,8,10,13H2,1-3H3/t17-/m0/s1. The number of ether oxygens (including phenoxy) is 1. The normalized spacial score (nSPS) is 17.3. The van der Waals surface area contributed by atoms with Crippen molar-refractivity contribution in [1.29, 1.82) is 0 Å². The fraction of sp³-hybridized carbons (Fsp3) is 0.526. The SMILES string of the molecule is CCC(CC)n1ncc(C(=O)N2CC[C@H](Oc3cccnc3)C2)c1C. The third-order valence-corrected chi connectivity index (χ3v) is 4.93. The molecule has 1 amide bonds. The lowest BCUT2D eigenvalue weighted by atomic mass is 10.1. The Labute approximate surface area is 148 Å². The van der Waals surface area contributed by atoms with E-state index < -0.39 is 0 Å². The van der Waals surface area contributed by atoms with Crippen LogP contribution in [0.5, 0.6) is 5.75 Å². The van der Waals surface area contributed by atoms with Crippen molar-refractivity contribution in [1.82, 2.24) is 19.7 Å². The van der Waals surface area contributed by atoms with E-state index in [-0.39, 0.29) is 12.0 Å². The van der Waals surface area contributed by atoms with Gasteiger partial charge in [0.25, 0.3) is 5.91 Å². The molecule has 1 saturated heterocycles. The van der Waals surface area contributed by atoms with Crippen molar-refractivity contribution in [3.63, 3.8) is 0 Å². The molecule has 0 aromatic carbocycles. The van der Waals surface area contributed by atoms with Gasteiger partial charge in [-0.15, -0.1) is 0 Å².